The van der Waals surface area contributed by atoms with Gasteiger partial charge in [0.15, 0.2) is 5.82 Å². The minimum atomic E-state index is -1.15. The fraction of sp³-hybridized carbons (Fsp3) is 0.320. The van der Waals surface area contributed by atoms with Crippen molar-refractivity contribution < 1.29 is 9.53 Å². The summed E-state index contributed by atoms with van der Waals surface area (Å²) in [5.74, 6) is 0.576. The smallest absolute Gasteiger partial charge is 0.185 e. The fourth-order valence-corrected chi connectivity index (χ4v) is 4.48. The van der Waals surface area contributed by atoms with E-state index in [0.29, 0.717) is 35.6 Å². The first-order valence-electron chi connectivity index (χ1n) is 11.5. The van der Waals surface area contributed by atoms with Gasteiger partial charge in [0.05, 0.1) is 16.3 Å². The predicted octanol–water partition coefficient (Wildman–Crippen LogP) is 5.29. The minimum Gasteiger partial charge on any atom is -0.359 e. The summed E-state index contributed by atoms with van der Waals surface area (Å²) >= 11 is 6.52. The Bertz CT molecular complexity index is 1330. The van der Waals surface area contributed by atoms with Crippen LogP contribution in [0.2, 0.25) is 30.7 Å². The lowest BCUT2D eigenvalue weighted by atomic mass is 10.1. The summed E-state index contributed by atoms with van der Waals surface area (Å²) in [6.45, 7) is 9.56. The van der Waals surface area contributed by atoms with Gasteiger partial charge in [0.2, 0.25) is 0 Å². The Labute approximate surface area is 211 Å². The second-order valence-electron chi connectivity index (χ2n) is 9.66. The number of ketones is 1. The number of pyridine rings is 1. The monoisotopic (exact) mass is 508 g/mol. The molecule has 0 N–H and O–H groups in total. The van der Waals surface area contributed by atoms with Gasteiger partial charge in [-0.25, -0.2) is 14.3 Å². The van der Waals surface area contributed by atoms with Crippen molar-refractivity contribution in [2.24, 2.45) is 0 Å². The summed E-state index contributed by atoms with van der Waals surface area (Å²) in [7, 11) is -1.15. The van der Waals surface area contributed by atoms with Crippen molar-refractivity contribution in [1.29, 1.82) is 0 Å². The van der Waals surface area contributed by atoms with Crippen LogP contribution in [0.1, 0.15) is 12.6 Å². The van der Waals surface area contributed by atoms with Crippen LogP contribution in [0.4, 0.5) is 0 Å². The molecule has 0 unspecified atom stereocenters. The Hall–Kier alpha value is -3.14. The lowest BCUT2D eigenvalue weighted by Crippen LogP contribution is -2.22. The molecule has 0 saturated carbocycles. The van der Waals surface area contributed by atoms with Gasteiger partial charge < -0.3 is 4.74 Å². The molecule has 3 aromatic heterocycles. The number of hydrogen-bond acceptors (Lipinski definition) is 6. The highest BCUT2D eigenvalue weighted by Crippen LogP contribution is 2.34. The third kappa shape index (κ3) is 6.50. The van der Waals surface area contributed by atoms with Crippen LogP contribution in [0.25, 0.3) is 28.3 Å². The first kappa shape index (κ1) is 25.0. The quantitative estimate of drug-likeness (QED) is 0.213. The average Bonchev–Trinajstić information content (AvgIpc) is 3.43. The number of rotatable bonds is 10. The third-order valence-corrected chi connectivity index (χ3v) is 7.37. The standard InChI is InChI=1S/C25H29ClN6O2Si/c1-18(33)13-19-14-20(9-10-27-19)32-15-22(24(29-32)21-7-5-6-8-23(21)26)25-28-16-31(30-25)17-34-11-12-35(2,3)4/h5-10,14-16H,11-13,17H2,1-4H3. The molecule has 0 saturated heterocycles. The minimum absolute atomic E-state index is 0.0503. The lowest BCUT2D eigenvalue weighted by molar-refractivity contribution is -0.116. The van der Waals surface area contributed by atoms with E-state index in [1.165, 1.54) is 0 Å². The van der Waals surface area contributed by atoms with E-state index in [4.69, 9.17) is 21.4 Å². The lowest BCUT2D eigenvalue weighted by Gasteiger charge is -2.15. The van der Waals surface area contributed by atoms with Crippen molar-refractivity contribution in [2.45, 2.75) is 45.8 Å². The zero-order valence-electron chi connectivity index (χ0n) is 20.4. The van der Waals surface area contributed by atoms with Gasteiger partial charge >= 0.3 is 0 Å². The molecule has 8 nitrogen and oxygen atoms in total. The summed E-state index contributed by atoms with van der Waals surface area (Å²) in [5.41, 5.74) is 3.65. The Kier molecular flexibility index (Phi) is 7.59. The molecular formula is C25H29ClN6O2Si. The van der Waals surface area contributed by atoms with E-state index in [1.807, 2.05) is 42.6 Å². The van der Waals surface area contributed by atoms with Crippen LogP contribution >= 0.6 is 11.6 Å². The molecule has 0 atom stereocenters. The van der Waals surface area contributed by atoms with Crippen LogP contribution in [0.5, 0.6) is 0 Å². The summed E-state index contributed by atoms with van der Waals surface area (Å²) in [6, 6.07) is 12.3. The molecular weight excluding hydrogens is 480 g/mol. The van der Waals surface area contributed by atoms with Crippen LogP contribution in [0.3, 0.4) is 0 Å². The van der Waals surface area contributed by atoms with E-state index in [1.54, 1.807) is 28.8 Å². The molecule has 0 spiro atoms. The molecule has 0 aliphatic heterocycles. The molecule has 1 aromatic carbocycles. The first-order valence-corrected chi connectivity index (χ1v) is 15.5. The number of carbonyl (C=O) groups excluding carboxylic acids is 1. The predicted molar refractivity (Wildman–Crippen MR) is 139 cm³/mol. The maximum Gasteiger partial charge on any atom is 0.185 e. The molecule has 4 rings (SSSR count). The second-order valence-corrected chi connectivity index (χ2v) is 15.7. The fourth-order valence-electron chi connectivity index (χ4n) is 3.50. The highest BCUT2D eigenvalue weighted by atomic mass is 35.5. The van der Waals surface area contributed by atoms with Gasteiger partial charge in [0, 0.05) is 44.8 Å². The molecule has 3 heterocycles. The summed E-state index contributed by atoms with van der Waals surface area (Å²) < 4.78 is 9.24. The third-order valence-electron chi connectivity index (χ3n) is 5.34. The second kappa shape index (κ2) is 10.6. The number of halogens is 1. The van der Waals surface area contributed by atoms with Crippen molar-refractivity contribution >= 4 is 25.5 Å². The van der Waals surface area contributed by atoms with Crippen LogP contribution in [-0.4, -0.2) is 50.0 Å². The van der Waals surface area contributed by atoms with Crippen LogP contribution in [-0.2, 0) is 22.7 Å². The number of hydrogen-bond donors (Lipinski definition) is 0. The maximum atomic E-state index is 11.6. The van der Waals surface area contributed by atoms with Crippen molar-refractivity contribution in [3.05, 3.63) is 65.8 Å². The van der Waals surface area contributed by atoms with Gasteiger partial charge in [-0.1, -0.05) is 49.4 Å². The van der Waals surface area contributed by atoms with Gasteiger partial charge in [-0.3, -0.25) is 9.78 Å². The molecule has 4 aromatic rings. The van der Waals surface area contributed by atoms with Gasteiger partial charge in [0.1, 0.15) is 24.5 Å². The number of benzene rings is 1. The Morgan fingerprint density at radius 3 is 2.63 bits per heavy atom. The molecule has 0 bridgehead atoms. The van der Waals surface area contributed by atoms with Crippen LogP contribution in [0, 0.1) is 0 Å². The average molecular weight is 509 g/mol. The van der Waals surface area contributed by atoms with Gasteiger partial charge in [0.25, 0.3) is 0 Å². The Morgan fingerprint density at radius 1 is 1.09 bits per heavy atom. The van der Waals surface area contributed by atoms with Crippen molar-refractivity contribution in [3.8, 4) is 28.3 Å². The molecule has 0 radical (unpaired) electrons. The van der Waals surface area contributed by atoms with Crippen molar-refractivity contribution in [1.82, 2.24) is 29.5 Å². The maximum absolute atomic E-state index is 11.6. The van der Waals surface area contributed by atoms with E-state index < -0.39 is 8.07 Å². The summed E-state index contributed by atoms with van der Waals surface area (Å²) in [5, 5.41) is 10.0. The topological polar surface area (TPSA) is 87.7 Å². The number of ether oxygens (including phenoxy) is 1. The normalized spacial score (nSPS) is 11.7. The van der Waals surface area contributed by atoms with E-state index in [9.17, 15) is 4.79 Å². The zero-order valence-corrected chi connectivity index (χ0v) is 22.2. The van der Waals surface area contributed by atoms with Crippen LogP contribution in [0.15, 0.2) is 55.1 Å². The molecule has 0 aliphatic rings. The molecule has 0 fully saturated rings. The number of Topliss-reactive ketones (excluding diaryl/α,β-unsaturated/α-hetero) is 1. The Morgan fingerprint density at radius 2 is 1.89 bits per heavy atom. The largest absolute Gasteiger partial charge is 0.359 e. The zero-order chi connectivity index (χ0) is 25.0. The van der Waals surface area contributed by atoms with E-state index in [2.05, 4.69) is 34.7 Å². The highest BCUT2D eigenvalue weighted by molar-refractivity contribution is 6.76. The van der Waals surface area contributed by atoms with Crippen molar-refractivity contribution in [3.63, 3.8) is 0 Å². The number of carbonyl (C=O) groups is 1. The van der Waals surface area contributed by atoms with Crippen LogP contribution < -0.4 is 0 Å². The highest BCUT2D eigenvalue weighted by Gasteiger charge is 2.20. The number of aromatic nitrogens is 6. The first-order chi connectivity index (χ1) is 16.7. The molecule has 182 valence electrons. The van der Waals surface area contributed by atoms with E-state index >= 15 is 0 Å². The molecule has 0 amide bonds. The van der Waals surface area contributed by atoms with E-state index in [0.717, 1.165) is 22.9 Å². The van der Waals surface area contributed by atoms with Gasteiger partial charge in [-0.05, 0) is 31.2 Å². The number of nitrogens with zero attached hydrogens (tertiary/aromatic N) is 6. The summed E-state index contributed by atoms with van der Waals surface area (Å²) in [6.07, 6.45) is 5.48. The summed E-state index contributed by atoms with van der Waals surface area (Å²) in [4.78, 5) is 20.4. The van der Waals surface area contributed by atoms with Crippen molar-refractivity contribution in [2.75, 3.05) is 6.61 Å². The van der Waals surface area contributed by atoms with Gasteiger partial charge in [-0.2, -0.15) is 5.10 Å². The molecule has 35 heavy (non-hydrogen) atoms. The SMILES string of the molecule is CC(=O)Cc1cc(-n2cc(-c3ncn(COCC[Si](C)(C)C)n3)c(-c3ccccc3Cl)n2)ccn1. The van der Waals surface area contributed by atoms with E-state index in [-0.39, 0.29) is 12.2 Å². The molecule has 10 heteroatoms. The Balaban J connectivity index is 1.67. The molecule has 0 aliphatic carbocycles. The van der Waals surface area contributed by atoms with Gasteiger partial charge in [-0.15, -0.1) is 5.10 Å².